The lowest BCUT2D eigenvalue weighted by atomic mass is 10.0. The fraction of sp³-hybridized carbons (Fsp3) is 0. The summed E-state index contributed by atoms with van der Waals surface area (Å²) in [5.41, 5.74) is 9.77. The van der Waals surface area contributed by atoms with E-state index in [0.29, 0.717) is 0 Å². The number of rotatable bonds is 4. The van der Waals surface area contributed by atoms with Crippen LogP contribution in [0, 0.1) is 0 Å². The highest BCUT2D eigenvalue weighted by Crippen LogP contribution is 2.47. The van der Waals surface area contributed by atoms with Crippen LogP contribution in [0.2, 0.25) is 0 Å². The van der Waals surface area contributed by atoms with Crippen molar-refractivity contribution in [3.63, 3.8) is 0 Å². The number of furan rings is 2. The number of nitrogens with zero attached hydrogens (tertiary/aromatic N) is 2. The number of aromatic nitrogens is 1. The molecule has 0 fully saturated rings. The standard InChI is InChI=1S/C46H28N2O2/c1-2-14-31(15-3-1)48-39-20-8-6-16-33(39)36-18-10-21-40(45(36)48)47(32-24-25-35-34-17-7-9-23-42(34)49-44(35)28-32)41-22-11-19-37-38-26-29-12-4-5-13-30(29)27-43(38)50-46(37)41/h1-28H. The fourth-order valence-corrected chi connectivity index (χ4v) is 7.93. The Morgan fingerprint density at radius 1 is 0.400 bits per heavy atom. The third-order valence-corrected chi connectivity index (χ3v) is 10.1. The summed E-state index contributed by atoms with van der Waals surface area (Å²) in [6.07, 6.45) is 0. The van der Waals surface area contributed by atoms with Crippen molar-refractivity contribution in [1.29, 1.82) is 0 Å². The highest BCUT2D eigenvalue weighted by atomic mass is 16.3. The third kappa shape index (κ3) is 3.87. The molecule has 0 bridgehead atoms. The van der Waals surface area contributed by atoms with Crippen molar-refractivity contribution in [2.24, 2.45) is 0 Å². The van der Waals surface area contributed by atoms with Crippen molar-refractivity contribution in [3.05, 3.63) is 170 Å². The monoisotopic (exact) mass is 640 g/mol. The maximum Gasteiger partial charge on any atom is 0.159 e. The molecule has 0 radical (unpaired) electrons. The van der Waals surface area contributed by atoms with Crippen LogP contribution >= 0.6 is 0 Å². The largest absolute Gasteiger partial charge is 0.456 e. The van der Waals surface area contributed by atoms with E-state index in [1.165, 1.54) is 16.2 Å². The van der Waals surface area contributed by atoms with Crippen LogP contribution in [0.1, 0.15) is 0 Å². The lowest BCUT2D eigenvalue weighted by molar-refractivity contribution is 0.667. The van der Waals surface area contributed by atoms with Crippen LogP contribution in [0.5, 0.6) is 0 Å². The van der Waals surface area contributed by atoms with E-state index < -0.39 is 0 Å². The van der Waals surface area contributed by atoms with Crippen molar-refractivity contribution in [2.75, 3.05) is 4.90 Å². The van der Waals surface area contributed by atoms with E-state index in [0.717, 1.165) is 83.0 Å². The predicted octanol–water partition coefficient (Wildman–Crippen LogP) is 13.2. The second-order valence-corrected chi connectivity index (χ2v) is 12.9. The van der Waals surface area contributed by atoms with E-state index in [-0.39, 0.29) is 0 Å². The van der Waals surface area contributed by atoms with E-state index in [1.807, 2.05) is 12.1 Å². The molecule has 0 unspecified atom stereocenters. The van der Waals surface area contributed by atoms with E-state index in [2.05, 4.69) is 167 Å². The van der Waals surface area contributed by atoms with Crippen LogP contribution in [0.3, 0.4) is 0 Å². The second-order valence-electron chi connectivity index (χ2n) is 12.9. The van der Waals surface area contributed by atoms with Gasteiger partial charge in [0.25, 0.3) is 0 Å². The molecule has 0 aliphatic rings. The molecule has 0 atom stereocenters. The van der Waals surface area contributed by atoms with Crippen molar-refractivity contribution in [1.82, 2.24) is 4.57 Å². The van der Waals surface area contributed by atoms with Gasteiger partial charge in [0, 0.05) is 44.1 Å². The van der Waals surface area contributed by atoms with Gasteiger partial charge in [-0.25, -0.2) is 0 Å². The summed E-state index contributed by atoms with van der Waals surface area (Å²) in [5.74, 6) is 0. The molecule has 0 spiro atoms. The highest BCUT2D eigenvalue weighted by Gasteiger charge is 2.25. The number of hydrogen-bond acceptors (Lipinski definition) is 3. The van der Waals surface area contributed by atoms with Gasteiger partial charge < -0.3 is 18.3 Å². The molecule has 0 saturated carbocycles. The first-order chi connectivity index (χ1) is 24.8. The fourth-order valence-electron chi connectivity index (χ4n) is 7.93. The summed E-state index contributed by atoms with van der Waals surface area (Å²) in [6.45, 7) is 0. The molecule has 234 valence electrons. The van der Waals surface area contributed by atoms with Gasteiger partial charge in [0.2, 0.25) is 0 Å². The van der Waals surface area contributed by atoms with Gasteiger partial charge in [-0.15, -0.1) is 0 Å². The molecule has 4 heteroatoms. The Labute approximate surface area is 286 Å². The molecule has 0 amide bonds. The Kier molecular flexibility index (Phi) is 5.63. The maximum absolute atomic E-state index is 6.87. The van der Waals surface area contributed by atoms with Crippen molar-refractivity contribution >= 4 is 93.5 Å². The molecule has 3 heterocycles. The van der Waals surface area contributed by atoms with E-state index in [9.17, 15) is 0 Å². The molecule has 0 N–H and O–H groups in total. The van der Waals surface area contributed by atoms with Crippen molar-refractivity contribution < 1.29 is 8.83 Å². The minimum Gasteiger partial charge on any atom is -0.456 e. The number of fused-ring (bicyclic) bond motifs is 10. The smallest absolute Gasteiger partial charge is 0.159 e. The van der Waals surface area contributed by atoms with Crippen LogP contribution in [0.4, 0.5) is 17.1 Å². The molecular weight excluding hydrogens is 613 g/mol. The van der Waals surface area contributed by atoms with Crippen LogP contribution in [0.25, 0.3) is 82.1 Å². The van der Waals surface area contributed by atoms with Gasteiger partial charge in [0.15, 0.2) is 5.58 Å². The summed E-state index contributed by atoms with van der Waals surface area (Å²) in [4.78, 5) is 2.34. The first-order valence-electron chi connectivity index (χ1n) is 16.9. The summed E-state index contributed by atoms with van der Waals surface area (Å²) >= 11 is 0. The Balaban J connectivity index is 1.27. The lowest BCUT2D eigenvalue weighted by Crippen LogP contribution is -2.12. The predicted molar refractivity (Wildman–Crippen MR) is 208 cm³/mol. The van der Waals surface area contributed by atoms with E-state index in [1.54, 1.807) is 0 Å². The average molecular weight is 641 g/mol. The molecule has 11 aromatic rings. The van der Waals surface area contributed by atoms with Crippen molar-refractivity contribution in [2.45, 2.75) is 0 Å². The number of anilines is 3. The summed E-state index contributed by atoms with van der Waals surface area (Å²) < 4.78 is 15.7. The number of benzene rings is 8. The maximum atomic E-state index is 6.87. The first-order valence-corrected chi connectivity index (χ1v) is 16.9. The molecule has 0 aliphatic heterocycles. The Morgan fingerprint density at radius 3 is 1.94 bits per heavy atom. The normalized spacial score (nSPS) is 12.0. The highest BCUT2D eigenvalue weighted by molar-refractivity contribution is 6.18. The van der Waals surface area contributed by atoms with Crippen molar-refractivity contribution in [3.8, 4) is 5.69 Å². The first kappa shape index (κ1) is 27.2. The van der Waals surface area contributed by atoms with Gasteiger partial charge in [0.05, 0.1) is 28.1 Å². The third-order valence-electron chi connectivity index (χ3n) is 10.1. The van der Waals surface area contributed by atoms with Gasteiger partial charge in [-0.1, -0.05) is 103 Å². The summed E-state index contributed by atoms with van der Waals surface area (Å²) in [5, 5.41) is 9.11. The quantitative estimate of drug-likeness (QED) is 0.192. The molecule has 50 heavy (non-hydrogen) atoms. The molecule has 8 aromatic carbocycles. The van der Waals surface area contributed by atoms with Crippen LogP contribution < -0.4 is 4.90 Å². The van der Waals surface area contributed by atoms with E-state index >= 15 is 0 Å². The number of para-hydroxylation sites is 5. The molecule has 3 aromatic heterocycles. The van der Waals surface area contributed by atoms with Gasteiger partial charge in [0.1, 0.15) is 16.7 Å². The Morgan fingerprint density at radius 2 is 1.06 bits per heavy atom. The molecule has 0 saturated heterocycles. The van der Waals surface area contributed by atoms with Gasteiger partial charge in [-0.2, -0.15) is 0 Å². The SMILES string of the molecule is c1ccc(-n2c3ccccc3c3cccc(N(c4ccc5c(c4)oc4ccccc45)c4cccc5c4oc4cc6ccccc6cc45)c32)cc1. The minimum atomic E-state index is 0.835. The topological polar surface area (TPSA) is 34.5 Å². The molecule has 4 nitrogen and oxygen atoms in total. The minimum absolute atomic E-state index is 0.835. The van der Waals surface area contributed by atoms with Gasteiger partial charge >= 0.3 is 0 Å². The Bertz CT molecular complexity index is 3110. The number of hydrogen-bond donors (Lipinski definition) is 0. The molecule has 11 rings (SSSR count). The summed E-state index contributed by atoms with van der Waals surface area (Å²) in [6, 6.07) is 60.1. The van der Waals surface area contributed by atoms with E-state index in [4.69, 9.17) is 8.83 Å². The second kappa shape index (κ2) is 10.4. The molecular formula is C46H28N2O2. The van der Waals surface area contributed by atoms with Gasteiger partial charge in [-0.3, -0.25) is 0 Å². The molecule has 0 aliphatic carbocycles. The average Bonchev–Trinajstić information content (AvgIpc) is 3.84. The van der Waals surface area contributed by atoms with Crippen LogP contribution in [-0.4, -0.2) is 4.57 Å². The lowest BCUT2D eigenvalue weighted by Gasteiger charge is -2.27. The Hall–Kier alpha value is -6.78. The van der Waals surface area contributed by atoms with Crippen LogP contribution in [0.15, 0.2) is 179 Å². The zero-order chi connectivity index (χ0) is 32.8. The van der Waals surface area contributed by atoms with Crippen LogP contribution in [-0.2, 0) is 0 Å². The summed E-state index contributed by atoms with van der Waals surface area (Å²) in [7, 11) is 0. The zero-order valence-corrected chi connectivity index (χ0v) is 26.9. The van der Waals surface area contributed by atoms with Gasteiger partial charge in [-0.05, 0) is 71.4 Å². The zero-order valence-electron chi connectivity index (χ0n) is 26.9.